The van der Waals surface area contributed by atoms with E-state index in [0.29, 0.717) is 15.9 Å². The van der Waals surface area contributed by atoms with Crippen molar-refractivity contribution in [2.24, 2.45) is 0 Å². The van der Waals surface area contributed by atoms with Crippen molar-refractivity contribution in [1.82, 2.24) is 0 Å². The predicted molar refractivity (Wildman–Crippen MR) is 95.4 cm³/mol. The third-order valence-electron chi connectivity index (χ3n) is 3.32. The molecule has 0 heterocycles. The van der Waals surface area contributed by atoms with E-state index in [2.05, 4.69) is 21.2 Å². The second-order valence-corrected chi connectivity index (χ2v) is 6.16. The van der Waals surface area contributed by atoms with E-state index in [1.807, 2.05) is 25.1 Å². The number of halogens is 1. The maximum absolute atomic E-state index is 12.3. The smallest absolute Gasteiger partial charge is 0.340 e. The highest BCUT2D eigenvalue weighted by Gasteiger charge is 2.19. The first-order chi connectivity index (χ1) is 11.4. The average Bonchev–Trinajstić information content (AvgIpc) is 2.55. The molecule has 0 aliphatic rings. The lowest BCUT2D eigenvalue weighted by Gasteiger charge is -2.16. The lowest BCUT2D eigenvalue weighted by atomic mass is 10.1. The van der Waals surface area contributed by atoms with Gasteiger partial charge >= 0.3 is 5.97 Å². The Morgan fingerprint density at radius 3 is 2.58 bits per heavy atom. The van der Waals surface area contributed by atoms with Crippen molar-refractivity contribution in [3.63, 3.8) is 0 Å². The summed E-state index contributed by atoms with van der Waals surface area (Å²) < 4.78 is 11.1. The first-order valence-electron chi connectivity index (χ1n) is 7.32. The molecule has 0 fully saturated rings. The van der Waals surface area contributed by atoms with E-state index in [4.69, 9.17) is 9.47 Å². The molecule has 1 N–H and O–H groups in total. The third-order valence-corrected chi connectivity index (χ3v) is 3.81. The van der Waals surface area contributed by atoms with E-state index in [1.54, 1.807) is 31.2 Å². The molecule has 0 saturated heterocycles. The van der Waals surface area contributed by atoms with Crippen molar-refractivity contribution < 1.29 is 19.1 Å². The van der Waals surface area contributed by atoms with Gasteiger partial charge in [-0.05, 0) is 49.7 Å². The molecule has 0 aliphatic carbocycles. The topological polar surface area (TPSA) is 64.6 Å². The van der Waals surface area contributed by atoms with Crippen LogP contribution in [0.25, 0.3) is 0 Å². The van der Waals surface area contributed by atoms with E-state index in [9.17, 15) is 9.59 Å². The lowest BCUT2D eigenvalue weighted by Crippen LogP contribution is -2.30. The van der Waals surface area contributed by atoms with Gasteiger partial charge in [0.15, 0.2) is 6.10 Å². The second-order valence-electron chi connectivity index (χ2n) is 5.25. The Kier molecular flexibility index (Phi) is 5.98. The Morgan fingerprint density at radius 1 is 1.17 bits per heavy atom. The first-order valence-corrected chi connectivity index (χ1v) is 8.12. The molecule has 6 heteroatoms. The summed E-state index contributed by atoms with van der Waals surface area (Å²) in [6.45, 7) is 3.59. The van der Waals surface area contributed by atoms with Crippen LogP contribution in [0.1, 0.15) is 22.8 Å². The molecule has 0 aliphatic heterocycles. The zero-order chi connectivity index (χ0) is 17.7. The van der Waals surface area contributed by atoms with Crippen LogP contribution < -0.4 is 10.1 Å². The summed E-state index contributed by atoms with van der Waals surface area (Å²) in [5.41, 5.74) is 1.68. The Bertz CT molecular complexity index is 760. The number of esters is 1. The molecule has 0 bridgehead atoms. The van der Waals surface area contributed by atoms with Gasteiger partial charge in [-0.1, -0.05) is 28.1 Å². The molecule has 0 unspecified atom stereocenters. The number of carbonyl (C=O) groups is 2. The van der Waals surface area contributed by atoms with E-state index < -0.39 is 12.1 Å². The molecule has 0 radical (unpaired) electrons. The quantitative estimate of drug-likeness (QED) is 0.783. The van der Waals surface area contributed by atoms with Crippen LogP contribution in [-0.4, -0.2) is 25.1 Å². The van der Waals surface area contributed by atoms with Crippen molar-refractivity contribution >= 4 is 33.5 Å². The van der Waals surface area contributed by atoms with Crippen molar-refractivity contribution in [3.8, 4) is 5.75 Å². The SMILES string of the molecule is COC(=O)c1cc(Br)ccc1NC(=O)[C@H](C)Oc1cccc(C)c1. The molecule has 24 heavy (non-hydrogen) atoms. The van der Waals surface area contributed by atoms with Gasteiger partial charge in [0.2, 0.25) is 0 Å². The third kappa shape index (κ3) is 4.58. The number of anilines is 1. The van der Waals surface area contributed by atoms with E-state index >= 15 is 0 Å². The minimum Gasteiger partial charge on any atom is -0.481 e. The second kappa shape index (κ2) is 7.97. The molecule has 2 aromatic rings. The number of benzene rings is 2. The van der Waals surface area contributed by atoms with E-state index in [1.165, 1.54) is 7.11 Å². The van der Waals surface area contributed by atoms with Crippen LogP contribution in [-0.2, 0) is 9.53 Å². The molecule has 2 rings (SSSR count). The fourth-order valence-corrected chi connectivity index (χ4v) is 2.45. The molecular formula is C18H18BrNO4. The summed E-state index contributed by atoms with van der Waals surface area (Å²) in [5, 5.41) is 2.70. The Balaban J connectivity index is 2.13. The average molecular weight is 392 g/mol. The number of carbonyl (C=O) groups excluding carboxylic acids is 2. The lowest BCUT2D eigenvalue weighted by molar-refractivity contribution is -0.122. The monoisotopic (exact) mass is 391 g/mol. The van der Waals surface area contributed by atoms with Gasteiger partial charge in [-0.25, -0.2) is 4.79 Å². The number of hydrogen-bond acceptors (Lipinski definition) is 4. The zero-order valence-corrected chi connectivity index (χ0v) is 15.2. The van der Waals surface area contributed by atoms with Crippen molar-refractivity contribution in [3.05, 3.63) is 58.1 Å². The fraction of sp³-hybridized carbons (Fsp3) is 0.222. The zero-order valence-electron chi connectivity index (χ0n) is 13.6. The van der Waals surface area contributed by atoms with Crippen LogP contribution in [0.4, 0.5) is 5.69 Å². The number of nitrogens with one attached hydrogen (secondary N) is 1. The molecule has 2 aromatic carbocycles. The minimum absolute atomic E-state index is 0.267. The highest BCUT2D eigenvalue weighted by Crippen LogP contribution is 2.22. The first kappa shape index (κ1) is 18.0. The molecule has 0 spiro atoms. The van der Waals surface area contributed by atoms with Gasteiger partial charge in [0.25, 0.3) is 5.91 Å². The summed E-state index contributed by atoms with van der Waals surface area (Å²) in [7, 11) is 1.29. The molecule has 0 saturated carbocycles. The highest BCUT2D eigenvalue weighted by molar-refractivity contribution is 9.10. The fourth-order valence-electron chi connectivity index (χ4n) is 2.08. The number of rotatable bonds is 5. The van der Waals surface area contributed by atoms with E-state index in [-0.39, 0.29) is 11.5 Å². The predicted octanol–water partition coefficient (Wildman–Crippen LogP) is 3.95. The minimum atomic E-state index is -0.721. The molecule has 126 valence electrons. The summed E-state index contributed by atoms with van der Waals surface area (Å²) in [6.07, 6.45) is -0.721. The summed E-state index contributed by atoms with van der Waals surface area (Å²) in [6, 6.07) is 12.4. The van der Waals surface area contributed by atoms with Crippen LogP contribution in [0.5, 0.6) is 5.75 Å². The molecule has 1 amide bonds. The van der Waals surface area contributed by atoms with Gasteiger partial charge in [0, 0.05) is 4.47 Å². The Labute approximate surface area is 149 Å². The van der Waals surface area contributed by atoms with Crippen LogP contribution in [0, 0.1) is 6.92 Å². The van der Waals surface area contributed by atoms with Gasteiger partial charge in [-0.15, -0.1) is 0 Å². The number of methoxy groups -OCH3 is 1. The normalized spacial score (nSPS) is 11.5. The summed E-state index contributed by atoms with van der Waals surface area (Å²) in [5.74, 6) is -0.274. The van der Waals surface area contributed by atoms with Crippen LogP contribution in [0.15, 0.2) is 46.9 Å². The molecule has 1 atom stereocenters. The maximum Gasteiger partial charge on any atom is 0.340 e. The number of aryl methyl sites for hydroxylation is 1. The standard InChI is InChI=1S/C18H18BrNO4/c1-11-5-4-6-14(9-11)24-12(2)17(21)20-16-8-7-13(19)10-15(16)18(22)23-3/h4-10,12H,1-3H3,(H,20,21)/t12-/m0/s1. The Hall–Kier alpha value is -2.34. The molecule has 5 nitrogen and oxygen atoms in total. The maximum atomic E-state index is 12.3. The number of hydrogen-bond donors (Lipinski definition) is 1. The summed E-state index contributed by atoms with van der Waals surface area (Å²) in [4.78, 5) is 24.2. The van der Waals surface area contributed by atoms with Gasteiger partial charge in [-0.2, -0.15) is 0 Å². The van der Waals surface area contributed by atoms with Gasteiger partial charge in [0.05, 0.1) is 18.4 Å². The number of ether oxygens (including phenoxy) is 2. The van der Waals surface area contributed by atoms with E-state index in [0.717, 1.165) is 5.56 Å². The highest BCUT2D eigenvalue weighted by atomic mass is 79.9. The van der Waals surface area contributed by atoms with Gasteiger partial charge in [0.1, 0.15) is 5.75 Å². The largest absolute Gasteiger partial charge is 0.481 e. The van der Waals surface area contributed by atoms with Crippen LogP contribution in [0.3, 0.4) is 0 Å². The van der Waals surface area contributed by atoms with Crippen molar-refractivity contribution in [1.29, 1.82) is 0 Å². The molecule has 0 aromatic heterocycles. The van der Waals surface area contributed by atoms with Gasteiger partial charge in [-0.3, -0.25) is 4.79 Å². The summed E-state index contributed by atoms with van der Waals surface area (Å²) >= 11 is 3.29. The number of amides is 1. The van der Waals surface area contributed by atoms with Crippen LogP contribution >= 0.6 is 15.9 Å². The van der Waals surface area contributed by atoms with Gasteiger partial charge < -0.3 is 14.8 Å². The van der Waals surface area contributed by atoms with Crippen molar-refractivity contribution in [2.45, 2.75) is 20.0 Å². The molecular weight excluding hydrogens is 374 g/mol. The van der Waals surface area contributed by atoms with Crippen molar-refractivity contribution in [2.75, 3.05) is 12.4 Å². The Morgan fingerprint density at radius 2 is 1.92 bits per heavy atom. The van der Waals surface area contributed by atoms with Crippen LogP contribution in [0.2, 0.25) is 0 Å².